The third kappa shape index (κ3) is 1.82. The molecule has 4 heteroatoms. The van der Waals surface area contributed by atoms with Crippen LogP contribution in [0.5, 0.6) is 0 Å². The van der Waals surface area contributed by atoms with Crippen LogP contribution in [0.3, 0.4) is 0 Å². The summed E-state index contributed by atoms with van der Waals surface area (Å²) in [6, 6.07) is 5.82. The van der Waals surface area contributed by atoms with Crippen LogP contribution in [0.1, 0.15) is 19.8 Å². The number of thiazole rings is 1. The minimum Gasteiger partial charge on any atom is -0.356 e. The molecule has 0 saturated heterocycles. The topological polar surface area (TPSA) is 24.9 Å². The molecular weight excluding hydrogens is 228 g/mol. The Bertz CT molecular complexity index is 516. The summed E-state index contributed by atoms with van der Waals surface area (Å²) < 4.78 is 1.15. The van der Waals surface area contributed by atoms with E-state index in [0.717, 1.165) is 20.4 Å². The molecular formula is C11H11ClN2S. The van der Waals surface area contributed by atoms with Gasteiger partial charge in [0.25, 0.3) is 0 Å². The van der Waals surface area contributed by atoms with Crippen molar-refractivity contribution in [3.8, 4) is 0 Å². The number of halogens is 1. The van der Waals surface area contributed by atoms with Crippen LogP contribution in [-0.4, -0.2) is 10.5 Å². The highest BCUT2D eigenvalue weighted by Crippen LogP contribution is 2.40. The molecule has 0 amide bonds. The first-order valence-corrected chi connectivity index (χ1v) is 6.18. The highest BCUT2D eigenvalue weighted by molar-refractivity contribution is 7.22. The van der Waals surface area contributed by atoms with Crippen LogP contribution in [0.2, 0.25) is 5.02 Å². The Morgan fingerprint density at radius 3 is 3.00 bits per heavy atom. The number of anilines is 1. The van der Waals surface area contributed by atoms with E-state index in [1.165, 1.54) is 12.8 Å². The molecule has 1 N–H and O–H groups in total. The number of aromatic nitrogens is 1. The molecule has 1 aromatic heterocycles. The Hall–Kier alpha value is -0.800. The monoisotopic (exact) mass is 238 g/mol. The van der Waals surface area contributed by atoms with Gasteiger partial charge in [-0.05, 0) is 38.0 Å². The maximum atomic E-state index is 5.93. The molecule has 0 unspecified atom stereocenters. The van der Waals surface area contributed by atoms with Crippen LogP contribution < -0.4 is 5.32 Å². The second-order valence-corrected chi connectivity index (χ2v) is 5.78. The van der Waals surface area contributed by atoms with Crippen LogP contribution in [0, 0.1) is 0 Å². The van der Waals surface area contributed by atoms with Gasteiger partial charge in [0.05, 0.1) is 10.2 Å². The zero-order valence-corrected chi connectivity index (χ0v) is 9.95. The van der Waals surface area contributed by atoms with Gasteiger partial charge in [0.15, 0.2) is 5.13 Å². The van der Waals surface area contributed by atoms with Crippen molar-refractivity contribution in [3.63, 3.8) is 0 Å². The van der Waals surface area contributed by atoms with Crippen LogP contribution in [-0.2, 0) is 0 Å². The Morgan fingerprint density at radius 2 is 2.27 bits per heavy atom. The lowest BCUT2D eigenvalue weighted by Gasteiger charge is -2.08. The number of benzene rings is 1. The van der Waals surface area contributed by atoms with Gasteiger partial charge >= 0.3 is 0 Å². The van der Waals surface area contributed by atoms with E-state index >= 15 is 0 Å². The molecule has 1 aliphatic carbocycles. The maximum Gasteiger partial charge on any atom is 0.184 e. The average molecular weight is 239 g/mol. The fourth-order valence-electron chi connectivity index (χ4n) is 1.52. The summed E-state index contributed by atoms with van der Waals surface area (Å²) in [4.78, 5) is 4.53. The summed E-state index contributed by atoms with van der Waals surface area (Å²) in [5.41, 5.74) is 1.31. The van der Waals surface area contributed by atoms with Gasteiger partial charge < -0.3 is 5.32 Å². The summed E-state index contributed by atoms with van der Waals surface area (Å²) in [5, 5.41) is 5.25. The number of nitrogens with one attached hydrogen (secondary N) is 1. The van der Waals surface area contributed by atoms with E-state index in [4.69, 9.17) is 11.6 Å². The molecule has 78 valence electrons. The van der Waals surface area contributed by atoms with Crippen molar-refractivity contribution in [3.05, 3.63) is 23.2 Å². The van der Waals surface area contributed by atoms with Crippen molar-refractivity contribution in [1.29, 1.82) is 0 Å². The van der Waals surface area contributed by atoms with E-state index in [1.807, 2.05) is 18.2 Å². The fraction of sp³-hybridized carbons (Fsp3) is 0.364. The van der Waals surface area contributed by atoms with Crippen molar-refractivity contribution < 1.29 is 0 Å². The van der Waals surface area contributed by atoms with E-state index in [0.29, 0.717) is 0 Å². The summed E-state index contributed by atoms with van der Waals surface area (Å²) in [5.74, 6) is 0. The van der Waals surface area contributed by atoms with Crippen molar-refractivity contribution in [2.45, 2.75) is 25.3 Å². The Morgan fingerprint density at radius 1 is 1.47 bits per heavy atom. The number of hydrogen-bond acceptors (Lipinski definition) is 3. The minimum absolute atomic E-state index is 0.289. The maximum absolute atomic E-state index is 5.93. The Kier molecular flexibility index (Phi) is 1.94. The number of fused-ring (bicyclic) bond motifs is 1. The van der Waals surface area contributed by atoms with Crippen molar-refractivity contribution in [2.75, 3.05) is 5.32 Å². The smallest absolute Gasteiger partial charge is 0.184 e. The van der Waals surface area contributed by atoms with Gasteiger partial charge in [0.2, 0.25) is 0 Å². The summed E-state index contributed by atoms with van der Waals surface area (Å²) >= 11 is 7.60. The second-order valence-electron chi connectivity index (χ2n) is 4.32. The SMILES string of the molecule is CC1(Nc2nc3ccc(Cl)cc3s2)CC1. The molecule has 0 aliphatic heterocycles. The lowest BCUT2D eigenvalue weighted by atomic mass is 10.3. The summed E-state index contributed by atoms with van der Waals surface area (Å²) in [7, 11) is 0. The molecule has 15 heavy (non-hydrogen) atoms. The zero-order chi connectivity index (χ0) is 10.5. The minimum atomic E-state index is 0.289. The number of hydrogen-bond donors (Lipinski definition) is 1. The Labute approximate surface area is 97.3 Å². The highest BCUT2D eigenvalue weighted by Gasteiger charge is 2.37. The predicted octanol–water partition coefficient (Wildman–Crippen LogP) is 3.91. The molecule has 0 spiro atoms. The molecule has 3 rings (SSSR count). The van der Waals surface area contributed by atoms with Gasteiger partial charge in [-0.1, -0.05) is 22.9 Å². The van der Waals surface area contributed by atoms with E-state index in [2.05, 4.69) is 17.2 Å². The molecule has 0 bridgehead atoms. The van der Waals surface area contributed by atoms with E-state index in [9.17, 15) is 0 Å². The van der Waals surface area contributed by atoms with Crippen LogP contribution in [0.4, 0.5) is 5.13 Å². The first-order valence-electron chi connectivity index (χ1n) is 4.99. The van der Waals surface area contributed by atoms with Gasteiger partial charge in [-0.3, -0.25) is 0 Å². The lowest BCUT2D eigenvalue weighted by molar-refractivity contribution is 0.828. The predicted molar refractivity (Wildman–Crippen MR) is 65.9 cm³/mol. The molecule has 1 saturated carbocycles. The van der Waals surface area contributed by atoms with Gasteiger partial charge in [0.1, 0.15) is 0 Å². The molecule has 0 atom stereocenters. The molecule has 1 aliphatic rings. The summed E-state index contributed by atoms with van der Waals surface area (Å²) in [6.07, 6.45) is 2.48. The van der Waals surface area contributed by atoms with E-state index in [-0.39, 0.29) is 5.54 Å². The van der Waals surface area contributed by atoms with E-state index in [1.54, 1.807) is 11.3 Å². The second kappa shape index (κ2) is 3.09. The van der Waals surface area contributed by atoms with Crippen LogP contribution >= 0.6 is 22.9 Å². The third-order valence-corrected chi connectivity index (χ3v) is 3.93. The van der Waals surface area contributed by atoms with Crippen molar-refractivity contribution in [1.82, 2.24) is 4.98 Å². The largest absolute Gasteiger partial charge is 0.356 e. The molecule has 2 aromatic rings. The zero-order valence-electron chi connectivity index (χ0n) is 8.38. The standard InChI is InChI=1S/C11H11ClN2S/c1-11(4-5-11)14-10-13-8-3-2-7(12)6-9(8)15-10/h2-3,6H,4-5H2,1H3,(H,13,14). The van der Waals surface area contributed by atoms with Crippen molar-refractivity contribution in [2.24, 2.45) is 0 Å². The lowest BCUT2D eigenvalue weighted by Crippen LogP contribution is -2.15. The molecule has 1 heterocycles. The van der Waals surface area contributed by atoms with E-state index < -0.39 is 0 Å². The quantitative estimate of drug-likeness (QED) is 0.858. The first-order chi connectivity index (χ1) is 7.15. The van der Waals surface area contributed by atoms with Crippen molar-refractivity contribution >= 4 is 38.3 Å². The average Bonchev–Trinajstić information content (AvgIpc) is 2.76. The number of nitrogens with zero attached hydrogens (tertiary/aromatic N) is 1. The van der Waals surface area contributed by atoms with Gasteiger partial charge in [0, 0.05) is 10.6 Å². The molecule has 1 aromatic carbocycles. The third-order valence-electron chi connectivity index (χ3n) is 2.76. The molecule has 2 nitrogen and oxygen atoms in total. The Balaban J connectivity index is 1.99. The highest BCUT2D eigenvalue weighted by atomic mass is 35.5. The fourth-order valence-corrected chi connectivity index (χ4v) is 2.81. The van der Waals surface area contributed by atoms with Gasteiger partial charge in [-0.25, -0.2) is 4.98 Å². The number of rotatable bonds is 2. The normalized spacial score (nSPS) is 18.0. The summed E-state index contributed by atoms with van der Waals surface area (Å²) in [6.45, 7) is 2.23. The molecule has 1 fully saturated rings. The van der Waals surface area contributed by atoms with Gasteiger partial charge in [-0.15, -0.1) is 0 Å². The molecule has 0 radical (unpaired) electrons. The first kappa shape index (κ1) is 9.43. The van der Waals surface area contributed by atoms with Gasteiger partial charge in [-0.2, -0.15) is 0 Å². The van der Waals surface area contributed by atoms with Crippen LogP contribution in [0.15, 0.2) is 18.2 Å². The van der Waals surface area contributed by atoms with Crippen LogP contribution in [0.25, 0.3) is 10.2 Å².